The number of rotatable bonds is 2. The average molecular weight is 240 g/mol. The number of hydrogen-bond donors (Lipinski definition) is 3. The summed E-state index contributed by atoms with van der Waals surface area (Å²) in [5.74, 6) is 0.148. The first kappa shape index (κ1) is 13.3. The lowest BCUT2D eigenvalue weighted by Crippen LogP contribution is -2.37. The van der Waals surface area contributed by atoms with E-state index in [2.05, 4.69) is 31.1 Å². The largest absolute Gasteiger partial charge is 0.383 e. The van der Waals surface area contributed by atoms with Gasteiger partial charge in [0.1, 0.15) is 11.5 Å². The van der Waals surface area contributed by atoms with Crippen molar-refractivity contribution in [2.24, 2.45) is 12.5 Å². The summed E-state index contributed by atoms with van der Waals surface area (Å²) in [5.41, 5.74) is 4.98. The second kappa shape index (κ2) is 4.27. The number of aromatic nitrogens is 2. The number of anilines is 2. The highest BCUT2D eigenvalue weighted by atomic mass is 16.2. The van der Waals surface area contributed by atoms with Crippen LogP contribution in [0.1, 0.15) is 27.7 Å². The number of aromatic amines is 1. The Morgan fingerprint density at radius 2 is 1.88 bits per heavy atom. The van der Waals surface area contributed by atoms with Crippen LogP contribution < -0.4 is 22.3 Å². The minimum Gasteiger partial charge on any atom is -0.383 e. The van der Waals surface area contributed by atoms with Crippen molar-refractivity contribution in [1.29, 1.82) is 0 Å². The van der Waals surface area contributed by atoms with Crippen LogP contribution in [0.15, 0.2) is 9.59 Å². The fourth-order valence-corrected chi connectivity index (χ4v) is 1.21. The Bertz CT molecular complexity index is 522. The smallest absolute Gasteiger partial charge is 0.329 e. The lowest BCUT2D eigenvalue weighted by atomic mass is 9.88. The molecule has 0 fully saturated rings. The Labute approximate surface area is 99.8 Å². The van der Waals surface area contributed by atoms with E-state index in [0.29, 0.717) is 0 Å². The van der Waals surface area contributed by atoms with E-state index in [0.717, 1.165) is 0 Å². The summed E-state index contributed by atoms with van der Waals surface area (Å²) in [5, 5.41) is 3.06. The van der Waals surface area contributed by atoms with Gasteiger partial charge in [0.25, 0.3) is 5.56 Å². The maximum atomic E-state index is 11.7. The number of nitrogens with one attached hydrogen (secondary N) is 2. The second-order valence-corrected chi connectivity index (χ2v) is 5.31. The van der Waals surface area contributed by atoms with Crippen LogP contribution in [0, 0.1) is 5.41 Å². The number of nitrogens with zero attached hydrogens (tertiary/aromatic N) is 1. The summed E-state index contributed by atoms with van der Waals surface area (Å²) in [6, 6.07) is 0.0448. The molecule has 1 unspecified atom stereocenters. The maximum Gasteiger partial charge on any atom is 0.329 e. The molecule has 0 radical (unpaired) electrons. The Morgan fingerprint density at radius 1 is 1.35 bits per heavy atom. The zero-order valence-electron chi connectivity index (χ0n) is 10.9. The van der Waals surface area contributed by atoms with Gasteiger partial charge in [-0.25, -0.2) is 4.79 Å². The van der Waals surface area contributed by atoms with Crippen molar-refractivity contribution in [3.8, 4) is 0 Å². The van der Waals surface area contributed by atoms with Gasteiger partial charge in [0, 0.05) is 13.1 Å². The molecule has 0 aliphatic rings. The molecule has 0 aromatic carbocycles. The molecule has 0 saturated heterocycles. The van der Waals surface area contributed by atoms with E-state index >= 15 is 0 Å². The van der Waals surface area contributed by atoms with Gasteiger partial charge in [0.05, 0.1) is 0 Å². The van der Waals surface area contributed by atoms with Crippen molar-refractivity contribution < 1.29 is 0 Å². The Kier molecular flexibility index (Phi) is 3.35. The van der Waals surface area contributed by atoms with Gasteiger partial charge in [-0.05, 0) is 12.3 Å². The van der Waals surface area contributed by atoms with E-state index in [4.69, 9.17) is 5.73 Å². The van der Waals surface area contributed by atoms with Gasteiger partial charge in [-0.3, -0.25) is 14.3 Å². The molecule has 1 heterocycles. The summed E-state index contributed by atoms with van der Waals surface area (Å²) in [6.07, 6.45) is 0. The molecule has 4 N–H and O–H groups in total. The normalized spacial score (nSPS) is 13.5. The van der Waals surface area contributed by atoms with Crippen LogP contribution in [0.25, 0.3) is 0 Å². The van der Waals surface area contributed by atoms with Crippen molar-refractivity contribution in [3.63, 3.8) is 0 Å². The van der Waals surface area contributed by atoms with Gasteiger partial charge in [0.2, 0.25) is 0 Å². The highest BCUT2D eigenvalue weighted by molar-refractivity contribution is 5.60. The van der Waals surface area contributed by atoms with Crippen LogP contribution in [0.4, 0.5) is 11.5 Å². The molecule has 0 aliphatic carbocycles. The van der Waals surface area contributed by atoms with E-state index in [1.165, 1.54) is 11.6 Å². The summed E-state index contributed by atoms with van der Waals surface area (Å²) in [6.45, 7) is 8.12. The number of hydrogen-bond acceptors (Lipinski definition) is 4. The lowest BCUT2D eigenvalue weighted by Gasteiger charge is -2.29. The fraction of sp³-hybridized carbons (Fsp3) is 0.636. The van der Waals surface area contributed by atoms with Crippen LogP contribution in [0.5, 0.6) is 0 Å². The third kappa shape index (κ3) is 2.69. The maximum absolute atomic E-state index is 11.7. The first-order valence-electron chi connectivity index (χ1n) is 5.50. The van der Waals surface area contributed by atoms with Gasteiger partial charge in [-0.1, -0.05) is 20.8 Å². The van der Waals surface area contributed by atoms with Crippen LogP contribution in [-0.4, -0.2) is 15.6 Å². The summed E-state index contributed by atoms with van der Waals surface area (Å²) in [4.78, 5) is 25.2. The highest BCUT2D eigenvalue weighted by Gasteiger charge is 2.22. The van der Waals surface area contributed by atoms with E-state index < -0.39 is 11.2 Å². The molecule has 1 aromatic heterocycles. The predicted molar refractivity (Wildman–Crippen MR) is 69.3 cm³/mol. The molecule has 6 nitrogen and oxygen atoms in total. The molecule has 17 heavy (non-hydrogen) atoms. The van der Waals surface area contributed by atoms with Crippen molar-refractivity contribution in [3.05, 3.63) is 20.8 Å². The van der Waals surface area contributed by atoms with Gasteiger partial charge in [-0.15, -0.1) is 0 Å². The molecule has 0 spiro atoms. The Morgan fingerprint density at radius 3 is 2.35 bits per heavy atom. The van der Waals surface area contributed by atoms with E-state index in [9.17, 15) is 9.59 Å². The zero-order chi connectivity index (χ0) is 13.4. The molecule has 0 aliphatic heterocycles. The first-order chi connectivity index (χ1) is 7.64. The molecule has 6 heteroatoms. The summed E-state index contributed by atoms with van der Waals surface area (Å²) < 4.78 is 1.21. The van der Waals surface area contributed by atoms with Gasteiger partial charge < -0.3 is 11.1 Å². The SMILES string of the molecule is CC(Nc1c(N)n(C)c(=O)[nH]c1=O)C(C)(C)C. The minimum atomic E-state index is -0.513. The van der Waals surface area contributed by atoms with Crippen molar-refractivity contribution in [2.45, 2.75) is 33.7 Å². The third-order valence-corrected chi connectivity index (χ3v) is 3.03. The molecule has 0 bridgehead atoms. The molecule has 0 saturated carbocycles. The lowest BCUT2D eigenvalue weighted by molar-refractivity contribution is 0.359. The second-order valence-electron chi connectivity index (χ2n) is 5.31. The molecule has 96 valence electrons. The summed E-state index contributed by atoms with van der Waals surface area (Å²) in [7, 11) is 1.51. The number of nitrogens with two attached hydrogens (primary N) is 1. The molecule has 1 atom stereocenters. The monoisotopic (exact) mass is 240 g/mol. The van der Waals surface area contributed by atoms with E-state index in [-0.39, 0.29) is 23.0 Å². The quantitative estimate of drug-likeness (QED) is 0.702. The minimum absolute atomic E-state index is 0.0203. The van der Waals surface area contributed by atoms with Gasteiger partial charge >= 0.3 is 5.69 Å². The number of nitrogen functional groups attached to an aromatic ring is 1. The predicted octanol–water partition coefficient (Wildman–Crippen LogP) is 0.502. The summed E-state index contributed by atoms with van der Waals surface area (Å²) >= 11 is 0. The molecular formula is C11H20N4O2. The van der Waals surface area contributed by atoms with Crippen molar-refractivity contribution in [2.75, 3.05) is 11.1 Å². The van der Waals surface area contributed by atoms with Gasteiger partial charge in [-0.2, -0.15) is 0 Å². The topological polar surface area (TPSA) is 92.9 Å². The highest BCUT2D eigenvalue weighted by Crippen LogP contribution is 2.22. The molecular weight excluding hydrogens is 220 g/mol. The first-order valence-corrected chi connectivity index (χ1v) is 5.50. The van der Waals surface area contributed by atoms with E-state index in [1.54, 1.807) is 0 Å². The standard InChI is InChI=1S/C11H20N4O2/c1-6(11(2,3)4)13-7-8(12)15(5)10(17)14-9(7)16/h6,13H,12H2,1-5H3,(H,14,16,17). The van der Waals surface area contributed by atoms with Crippen LogP contribution >= 0.6 is 0 Å². The fourth-order valence-electron chi connectivity index (χ4n) is 1.21. The number of H-pyrrole nitrogens is 1. The molecule has 1 rings (SSSR count). The van der Waals surface area contributed by atoms with Crippen molar-refractivity contribution >= 4 is 11.5 Å². The molecule has 0 amide bonds. The molecule has 1 aromatic rings. The van der Waals surface area contributed by atoms with E-state index in [1.807, 2.05) is 6.92 Å². The third-order valence-electron chi connectivity index (χ3n) is 3.03. The van der Waals surface area contributed by atoms with Gasteiger partial charge in [0.15, 0.2) is 0 Å². The Balaban J connectivity index is 3.21. The zero-order valence-corrected chi connectivity index (χ0v) is 10.9. The van der Waals surface area contributed by atoms with Crippen LogP contribution in [-0.2, 0) is 7.05 Å². The Hall–Kier alpha value is -1.72. The average Bonchev–Trinajstić information content (AvgIpc) is 2.19. The van der Waals surface area contributed by atoms with Crippen molar-refractivity contribution in [1.82, 2.24) is 9.55 Å². The van der Waals surface area contributed by atoms with Crippen LogP contribution in [0.3, 0.4) is 0 Å². The van der Waals surface area contributed by atoms with Crippen LogP contribution in [0.2, 0.25) is 0 Å².